The number of fused-ring (bicyclic) bond motifs is 1. The number of aromatic amines is 1. The van der Waals surface area contributed by atoms with E-state index in [9.17, 15) is 4.79 Å². The van der Waals surface area contributed by atoms with E-state index in [0.29, 0.717) is 0 Å². The fraction of sp³-hybridized carbons (Fsp3) is 0. The second-order valence-corrected chi connectivity index (χ2v) is 3.07. The third-order valence-corrected chi connectivity index (χ3v) is 2.09. The number of carboxylic acid groups (broad SMARTS) is 1. The molecule has 15 heavy (non-hydrogen) atoms. The summed E-state index contributed by atoms with van der Waals surface area (Å²) in [6.07, 6.45) is 3.89. The number of para-hydroxylation sites is 1. The van der Waals surface area contributed by atoms with Crippen LogP contribution in [-0.2, 0) is 0 Å². The van der Waals surface area contributed by atoms with Gasteiger partial charge in [0, 0.05) is 28.9 Å². The van der Waals surface area contributed by atoms with E-state index in [2.05, 4.69) is 10.3 Å². The van der Waals surface area contributed by atoms with E-state index in [1.54, 1.807) is 6.08 Å². The molecule has 0 spiro atoms. The molecule has 2 aromatic rings. The smallest absolute Gasteiger partial charge is 0.408 e. The highest BCUT2D eigenvalue weighted by molar-refractivity contribution is 5.88. The van der Waals surface area contributed by atoms with E-state index >= 15 is 0 Å². The first-order valence-corrected chi connectivity index (χ1v) is 4.49. The molecule has 0 fully saturated rings. The van der Waals surface area contributed by atoms with Crippen LogP contribution in [0.4, 0.5) is 4.79 Å². The third kappa shape index (κ3) is 1.99. The molecule has 0 aliphatic rings. The van der Waals surface area contributed by atoms with Crippen molar-refractivity contribution in [3.63, 3.8) is 0 Å². The Morgan fingerprint density at radius 2 is 2.20 bits per heavy atom. The normalized spacial score (nSPS) is 10.9. The number of hydrogen-bond acceptors (Lipinski definition) is 1. The number of hydrogen-bond donors (Lipinski definition) is 3. The number of rotatable bonds is 2. The maximum Gasteiger partial charge on any atom is 0.408 e. The number of H-pyrrole nitrogens is 1. The zero-order chi connectivity index (χ0) is 10.7. The first-order chi connectivity index (χ1) is 7.27. The highest BCUT2D eigenvalue weighted by atomic mass is 16.4. The summed E-state index contributed by atoms with van der Waals surface area (Å²) in [5.41, 5.74) is 1.99. The van der Waals surface area contributed by atoms with Crippen molar-refractivity contribution in [1.82, 2.24) is 10.3 Å². The molecule has 1 amide bonds. The summed E-state index contributed by atoms with van der Waals surface area (Å²) in [5, 5.41) is 11.6. The van der Waals surface area contributed by atoms with Crippen LogP contribution in [-0.4, -0.2) is 16.2 Å². The maximum absolute atomic E-state index is 10.2. The molecule has 0 aliphatic heterocycles. The summed E-state index contributed by atoms with van der Waals surface area (Å²) >= 11 is 0. The number of amides is 1. The van der Waals surface area contributed by atoms with Crippen LogP contribution in [0.15, 0.2) is 36.7 Å². The molecular formula is C11H10N2O2. The number of carbonyl (C=O) groups is 1. The predicted octanol–water partition coefficient (Wildman–Crippen LogP) is 2.41. The van der Waals surface area contributed by atoms with E-state index in [-0.39, 0.29) is 0 Å². The Balaban J connectivity index is 2.28. The van der Waals surface area contributed by atoms with Crippen molar-refractivity contribution in [1.29, 1.82) is 0 Å². The monoisotopic (exact) mass is 202 g/mol. The minimum atomic E-state index is -1.06. The van der Waals surface area contributed by atoms with Gasteiger partial charge in [-0.3, -0.25) is 5.32 Å². The van der Waals surface area contributed by atoms with Crippen LogP contribution in [0, 0.1) is 0 Å². The van der Waals surface area contributed by atoms with Gasteiger partial charge in [0.2, 0.25) is 0 Å². The SMILES string of the molecule is O=C(O)N/C=C/c1c[nH]c2ccccc12. The van der Waals surface area contributed by atoms with Crippen molar-refractivity contribution in [3.8, 4) is 0 Å². The fourth-order valence-corrected chi connectivity index (χ4v) is 1.43. The van der Waals surface area contributed by atoms with E-state index in [1.165, 1.54) is 6.20 Å². The predicted molar refractivity (Wildman–Crippen MR) is 58.5 cm³/mol. The van der Waals surface area contributed by atoms with Crippen molar-refractivity contribution < 1.29 is 9.90 Å². The lowest BCUT2D eigenvalue weighted by atomic mass is 10.2. The van der Waals surface area contributed by atoms with Crippen LogP contribution in [0.2, 0.25) is 0 Å². The molecular weight excluding hydrogens is 192 g/mol. The largest absolute Gasteiger partial charge is 0.465 e. The Morgan fingerprint density at radius 1 is 1.40 bits per heavy atom. The van der Waals surface area contributed by atoms with Gasteiger partial charge < -0.3 is 10.1 Å². The summed E-state index contributed by atoms with van der Waals surface area (Å²) in [6.45, 7) is 0. The van der Waals surface area contributed by atoms with Crippen molar-refractivity contribution in [2.45, 2.75) is 0 Å². The Hall–Kier alpha value is -2.23. The Kier molecular flexibility index (Phi) is 2.41. The summed E-state index contributed by atoms with van der Waals surface area (Å²) < 4.78 is 0. The van der Waals surface area contributed by atoms with Crippen molar-refractivity contribution in [2.24, 2.45) is 0 Å². The summed E-state index contributed by atoms with van der Waals surface area (Å²) in [7, 11) is 0. The first-order valence-electron chi connectivity index (χ1n) is 4.49. The van der Waals surface area contributed by atoms with Crippen LogP contribution < -0.4 is 5.32 Å². The zero-order valence-electron chi connectivity index (χ0n) is 7.90. The van der Waals surface area contributed by atoms with Gasteiger partial charge in [0.05, 0.1) is 0 Å². The van der Waals surface area contributed by atoms with Gasteiger partial charge in [-0.15, -0.1) is 0 Å². The molecule has 0 atom stereocenters. The molecule has 0 unspecified atom stereocenters. The molecule has 4 heteroatoms. The van der Waals surface area contributed by atoms with Crippen LogP contribution in [0.5, 0.6) is 0 Å². The van der Waals surface area contributed by atoms with Gasteiger partial charge in [-0.1, -0.05) is 18.2 Å². The van der Waals surface area contributed by atoms with E-state index in [1.807, 2.05) is 30.5 Å². The van der Waals surface area contributed by atoms with Gasteiger partial charge in [0.1, 0.15) is 0 Å². The molecule has 0 radical (unpaired) electrons. The molecule has 0 bridgehead atoms. The standard InChI is InChI=1S/C11H10N2O2/c14-11(15)12-6-5-8-7-13-10-4-2-1-3-9(8)10/h1-7,12-13H,(H,14,15)/b6-5+. The Labute approximate surface area is 86.2 Å². The van der Waals surface area contributed by atoms with Crippen molar-refractivity contribution in [2.75, 3.05) is 0 Å². The van der Waals surface area contributed by atoms with Crippen molar-refractivity contribution in [3.05, 3.63) is 42.2 Å². The molecule has 4 nitrogen and oxygen atoms in total. The molecule has 0 saturated heterocycles. The topological polar surface area (TPSA) is 65.1 Å². The first kappa shape index (κ1) is 9.33. The molecule has 1 heterocycles. The van der Waals surface area contributed by atoms with E-state index in [4.69, 9.17) is 5.11 Å². The fourth-order valence-electron chi connectivity index (χ4n) is 1.43. The zero-order valence-corrected chi connectivity index (χ0v) is 7.90. The maximum atomic E-state index is 10.2. The average molecular weight is 202 g/mol. The molecule has 1 aromatic carbocycles. The van der Waals surface area contributed by atoms with Crippen molar-refractivity contribution >= 4 is 23.1 Å². The highest BCUT2D eigenvalue weighted by Crippen LogP contribution is 2.18. The summed E-state index contributed by atoms with van der Waals surface area (Å²) in [5.74, 6) is 0. The second kappa shape index (κ2) is 3.88. The van der Waals surface area contributed by atoms with Gasteiger partial charge in [0.25, 0.3) is 0 Å². The van der Waals surface area contributed by atoms with Gasteiger partial charge in [-0.05, 0) is 12.1 Å². The highest BCUT2D eigenvalue weighted by Gasteiger charge is 1.98. The molecule has 1 aromatic heterocycles. The van der Waals surface area contributed by atoms with Gasteiger partial charge >= 0.3 is 6.09 Å². The molecule has 0 aliphatic carbocycles. The number of aromatic nitrogens is 1. The number of benzene rings is 1. The number of nitrogens with one attached hydrogen (secondary N) is 2. The van der Waals surface area contributed by atoms with Crippen LogP contribution >= 0.6 is 0 Å². The molecule has 2 rings (SSSR count). The minimum Gasteiger partial charge on any atom is -0.465 e. The minimum absolute atomic E-state index is 0.958. The van der Waals surface area contributed by atoms with Crippen LogP contribution in [0.1, 0.15) is 5.56 Å². The second-order valence-electron chi connectivity index (χ2n) is 3.07. The van der Waals surface area contributed by atoms with E-state index < -0.39 is 6.09 Å². The lowest BCUT2D eigenvalue weighted by Crippen LogP contribution is -2.12. The van der Waals surface area contributed by atoms with Gasteiger partial charge in [-0.25, -0.2) is 4.79 Å². The summed E-state index contributed by atoms with van der Waals surface area (Å²) in [4.78, 5) is 13.3. The Morgan fingerprint density at radius 3 is 3.00 bits per heavy atom. The molecule has 76 valence electrons. The van der Waals surface area contributed by atoms with Crippen LogP contribution in [0.25, 0.3) is 17.0 Å². The average Bonchev–Trinajstić information content (AvgIpc) is 2.62. The molecule has 0 saturated carbocycles. The summed E-state index contributed by atoms with van der Waals surface area (Å²) in [6, 6.07) is 7.84. The quantitative estimate of drug-likeness (QED) is 0.700. The van der Waals surface area contributed by atoms with Gasteiger partial charge in [-0.2, -0.15) is 0 Å². The van der Waals surface area contributed by atoms with Gasteiger partial charge in [0.15, 0.2) is 0 Å². The Bertz CT molecular complexity index is 514. The third-order valence-electron chi connectivity index (χ3n) is 2.09. The van der Waals surface area contributed by atoms with E-state index in [0.717, 1.165) is 16.5 Å². The lowest BCUT2D eigenvalue weighted by Gasteiger charge is -1.91. The van der Waals surface area contributed by atoms with Crippen LogP contribution in [0.3, 0.4) is 0 Å². The molecule has 3 N–H and O–H groups in total. The lowest BCUT2D eigenvalue weighted by molar-refractivity contribution is 0.198.